The number of pyridine rings is 1. The van der Waals surface area contributed by atoms with Crippen molar-refractivity contribution in [1.29, 1.82) is 0 Å². The minimum absolute atomic E-state index is 0.735. The van der Waals surface area contributed by atoms with Crippen molar-refractivity contribution in [3.05, 3.63) is 21.8 Å². The maximum Gasteiger partial charge on any atom is 0.147 e. The second-order valence-corrected chi connectivity index (χ2v) is 6.51. The lowest BCUT2D eigenvalue weighted by Gasteiger charge is -2.33. The van der Waals surface area contributed by atoms with E-state index in [9.17, 15) is 0 Å². The number of rotatable bonds is 3. The van der Waals surface area contributed by atoms with Gasteiger partial charge in [0.05, 0.1) is 5.02 Å². The number of nitrogens with zero attached hydrogens (tertiary/aromatic N) is 2. The van der Waals surface area contributed by atoms with Gasteiger partial charge in [0.1, 0.15) is 5.82 Å². The van der Waals surface area contributed by atoms with Gasteiger partial charge in [0, 0.05) is 29.1 Å². The lowest BCUT2D eigenvalue weighted by Crippen LogP contribution is -2.36. The first-order valence-electron chi connectivity index (χ1n) is 5.82. The monoisotopic (exact) mass is 380 g/mol. The number of hydrogen-bond acceptors (Lipinski definition) is 2. The Kier molecular flexibility index (Phi) is 5.12. The quantitative estimate of drug-likeness (QED) is 0.716. The predicted molar refractivity (Wildman–Crippen MR) is 80.3 cm³/mol. The van der Waals surface area contributed by atoms with E-state index in [0.717, 1.165) is 39.7 Å². The van der Waals surface area contributed by atoms with E-state index in [4.69, 9.17) is 11.6 Å². The van der Waals surface area contributed by atoms with Crippen LogP contribution in [0.5, 0.6) is 0 Å². The molecule has 1 saturated heterocycles. The molecule has 0 saturated carbocycles. The van der Waals surface area contributed by atoms with Crippen LogP contribution < -0.4 is 4.90 Å². The van der Waals surface area contributed by atoms with Gasteiger partial charge in [0.15, 0.2) is 0 Å². The van der Waals surface area contributed by atoms with E-state index in [1.165, 1.54) is 19.3 Å². The second kappa shape index (κ2) is 6.39. The van der Waals surface area contributed by atoms with Gasteiger partial charge in [-0.15, -0.1) is 0 Å². The predicted octanol–water partition coefficient (Wildman–Crippen LogP) is 4.50. The molecule has 2 rings (SSSR count). The first-order valence-corrected chi connectivity index (χ1v) is 8.12. The summed E-state index contributed by atoms with van der Waals surface area (Å²) in [5.41, 5.74) is 0. The largest absolute Gasteiger partial charge is 0.355 e. The highest BCUT2D eigenvalue weighted by atomic mass is 79.9. The van der Waals surface area contributed by atoms with Crippen LogP contribution in [0, 0.1) is 5.92 Å². The molecule has 5 heteroatoms. The lowest BCUT2D eigenvalue weighted by atomic mass is 9.96. The summed E-state index contributed by atoms with van der Waals surface area (Å²) in [4.78, 5) is 6.74. The summed E-state index contributed by atoms with van der Waals surface area (Å²) in [6.07, 6.45) is 5.59. The molecule has 17 heavy (non-hydrogen) atoms. The lowest BCUT2D eigenvalue weighted by molar-refractivity contribution is 0.406. The molecule has 0 bridgehead atoms. The van der Waals surface area contributed by atoms with Crippen molar-refractivity contribution in [2.24, 2.45) is 5.92 Å². The van der Waals surface area contributed by atoms with Gasteiger partial charge in [-0.05, 0) is 47.2 Å². The molecular formula is C12H15Br2ClN2. The standard InChI is InChI=1S/C12H15Br2ClN2/c13-4-3-9-2-1-5-17(8-9)12-11(15)6-10(14)7-16-12/h6-7,9H,1-5,8H2. The molecule has 1 aliphatic heterocycles. The number of aromatic nitrogens is 1. The van der Waals surface area contributed by atoms with Crippen molar-refractivity contribution in [2.45, 2.75) is 19.3 Å². The molecule has 1 fully saturated rings. The average molecular weight is 383 g/mol. The summed E-state index contributed by atoms with van der Waals surface area (Å²) in [5, 5.41) is 1.81. The highest BCUT2D eigenvalue weighted by Crippen LogP contribution is 2.30. The Morgan fingerprint density at radius 2 is 2.35 bits per heavy atom. The smallest absolute Gasteiger partial charge is 0.147 e. The Labute approximate surface area is 124 Å². The molecule has 1 aromatic rings. The molecule has 1 aliphatic rings. The SMILES string of the molecule is Clc1cc(Br)cnc1N1CCCC(CCBr)C1. The molecular weight excluding hydrogens is 367 g/mol. The maximum absolute atomic E-state index is 6.24. The first kappa shape index (κ1) is 13.6. The molecule has 0 spiro atoms. The number of anilines is 1. The summed E-state index contributed by atoms with van der Waals surface area (Å²) in [5.74, 6) is 1.68. The van der Waals surface area contributed by atoms with Crippen LogP contribution in [0.2, 0.25) is 5.02 Å². The summed E-state index contributed by atoms with van der Waals surface area (Å²) >= 11 is 13.1. The summed E-state index contributed by atoms with van der Waals surface area (Å²) in [6.45, 7) is 2.13. The number of piperidine rings is 1. The van der Waals surface area contributed by atoms with E-state index in [2.05, 4.69) is 41.7 Å². The maximum atomic E-state index is 6.24. The van der Waals surface area contributed by atoms with Crippen LogP contribution in [0.3, 0.4) is 0 Å². The third-order valence-electron chi connectivity index (χ3n) is 3.12. The van der Waals surface area contributed by atoms with Crippen LogP contribution in [-0.2, 0) is 0 Å². The molecule has 0 aromatic carbocycles. The van der Waals surface area contributed by atoms with E-state index >= 15 is 0 Å². The van der Waals surface area contributed by atoms with Crippen molar-refractivity contribution in [2.75, 3.05) is 23.3 Å². The molecule has 0 radical (unpaired) electrons. The van der Waals surface area contributed by atoms with E-state index < -0.39 is 0 Å². The fourth-order valence-electron chi connectivity index (χ4n) is 2.29. The Hall–Kier alpha value is 0.200. The van der Waals surface area contributed by atoms with Crippen molar-refractivity contribution < 1.29 is 0 Å². The third-order valence-corrected chi connectivity index (χ3v) is 4.29. The number of hydrogen-bond donors (Lipinski definition) is 0. The molecule has 1 aromatic heterocycles. The van der Waals surface area contributed by atoms with Gasteiger partial charge in [-0.1, -0.05) is 27.5 Å². The Morgan fingerprint density at radius 3 is 3.06 bits per heavy atom. The Morgan fingerprint density at radius 1 is 1.53 bits per heavy atom. The summed E-state index contributed by atoms with van der Waals surface area (Å²) in [6, 6.07) is 1.91. The van der Waals surface area contributed by atoms with Crippen molar-refractivity contribution in [1.82, 2.24) is 4.98 Å². The average Bonchev–Trinajstić information content (AvgIpc) is 2.29. The molecule has 94 valence electrons. The third kappa shape index (κ3) is 3.58. The molecule has 1 atom stereocenters. The Bertz CT molecular complexity index is 385. The highest BCUT2D eigenvalue weighted by molar-refractivity contribution is 9.10. The van der Waals surface area contributed by atoms with Crippen LogP contribution in [0.25, 0.3) is 0 Å². The minimum Gasteiger partial charge on any atom is -0.355 e. The van der Waals surface area contributed by atoms with E-state index in [1.807, 2.05) is 12.3 Å². The van der Waals surface area contributed by atoms with Crippen LogP contribution in [0.15, 0.2) is 16.7 Å². The topological polar surface area (TPSA) is 16.1 Å². The van der Waals surface area contributed by atoms with Crippen molar-refractivity contribution >= 4 is 49.3 Å². The molecule has 0 amide bonds. The van der Waals surface area contributed by atoms with Gasteiger partial charge in [-0.25, -0.2) is 4.98 Å². The van der Waals surface area contributed by atoms with Crippen molar-refractivity contribution in [3.63, 3.8) is 0 Å². The molecule has 2 nitrogen and oxygen atoms in total. The fourth-order valence-corrected chi connectivity index (χ4v) is 3.68. The zero-order valence-corrected chi connectivity index (χ0v) is 13.4. The van der Waals surface area contributed by atoms with Crippen LogP contribution in [-0.4, -0.2) is 23.4 Å². The minimum atomic E-state index is 0.735. The molecule has 0 aliphatic carbocycles. The van der Waals surface area contributed by atoms with Gasteiger partial charge in [0.25, 0.3) is 0 Å². The van der Waals surface area contributed by atoms with Gasteiger partial charge < -0.3 is 4.90 Å². The highest BCUT2D eigenvalue weighted by Gasteiger charge is 2.21. The van der Waals surface area contributed by atoms with E-state index in [0.29, 0.717) is 0 Å². The van der Waals surface area contributed by atoms with Crippen molar-refractivity contribution in [3.8, 4) is 0 Å². The van der Waals surface area contributed by atoms with Gasteiger partial charge >= 0.3 is 0 Å². The zero-order valence-electron chi connectivity index (χ0n) is 9.50. The molecule has 2 heterocycles. The normalized spacial score (nSPS) is 20.6. The first-order chi connectivity index (χ1) is 8.20. The zero-order chi connectivity index (χ0) is 12.3. The number of alkyl halides is 1. The van der Waals surface area contributed by atoms with Gasteiger partial charge in [-0.3, -0.25) is 0 Å². The van der Waals surface area contributed by atoms with E-state index in [-0.39, 0.29) is 0 Å². The van der Waals surface area contributed by atoms with Gasteiger partial charge in [0.2, 0.25) is 0 Å². The Balaban J connectivity index is 2.10. The van der Waals surface area contributed by atoms with Gasteiger partial charge in [-0.2, -0.15) is 0 Å². The summed E-state index contributed by atoms with van der Waals surface area (Å²) in [7, 11) is 0. The molecule has 1 unspecified atom stereocenters. The van der Waals surface area contributed by atoms with Crippen LogP contribution >= 0.6 is 43.5 Å². The second-order valence-electron chi connectivity index (χ2n) is 4.39. The fraction of sp³-hybridized carbons (Fsp3) is 0.583. The number of halogens is 3. The molecule has 0 N–H and O–H groups in total. The summed E-state index contributed by atoms with van der Waals surface area (Å²) < 4.78 is 0.931. The van der Waals surface area contributed by atoms with E-state index in [1.54, 1.807) is 0 Å². The van der Waals surface area contributed by atoms with Crippen LogP contribution in [0.1, 0.15) is 19.3 Å². The van der Waals surface area contributed by atoms with Crippen LogP contribution in [0.4, 0.5) is 5.82 Å².